The van der Waals surface area contributed by atoms with Crippen LogP contribution in [-0.4, -0.2) is 16.3 Å². The summed E-state index contributed by atoms with van der Waals surface area (Å²) < 4.78 is 0. The minimum Gasteiger partial charge on any atom is -0.507 e. The molecule has 0 amide bonds. The number of aromatic hydroxyl groups is 1. The van der Waals surface area contributed by atoms with Crippen molar-refractivity contribution in [1.29, 1.82) is 0 Å². The van der Waals surface area contributed by atoms with Gasteiger partial charge in [0.25, 0.3) is 0 Å². The van der Waals surface area contributed by atoms with Gasteiger partial charge in [0, 0.05) is 11.0 Å². The Morgan fingerprint density at radius 2 is 1.88 bits per heavy atom. The number of hydrogen-bond donors (Lipinski definition) is 1. The molecule has 0 unspecified atom stereocenters. The molecule has 0 heterocycles. The number of Topliss-reactive ketones (excluding diaryl/α,β-unsaturated/α-hetero) is 1. The number of phenols is 1. The Morgan fingerprint density at radius 1 is 1.35 bits per heavy atom. The first-order valence-corrected chi connectivity index (χ1v) is 6.17. The van der Waals surface area contributed by atoms with Crippen molar-refractivity contribution in [3.05, 3.63) is 29.3 Å². The molecule has 17 heavy (non-hydrogen) atoms. The van der Waals surface area contributed by atoms with E-state index < -0.39 is 5.41 Å². The molecule has 0 aromatic heterocycles. The van der Waals surface area contributed by atoms with Gasteiger partial charge in [0.2, 0.25) is 0 Å². The monoisotopic (exact) mass is 252 g/mol. The maximum absolute atomic E-state index is 11.2. The Morgan fingerprint density at radius 3 is 2.29 bits per heavy atom. The highest BCUT2D eigenvalue weighted by molar-refractivity contribution is 7.79. The smallest absolute Gasteiger partial charge is 0.163 e. The van der Waals surface area contributed by atoms with Crippen LogP contribution in [0.5, 0.6) is 5.75 Å². The number of hydrogen-bond acceptors (Lipinski definition) is 3. The van der Waals surface area contributed by atoms with Gasteiger partial charge in [-0.2, -0.15) is 0 Å². The second-order valence-electron chi connectivity index (χ2n) is 4.10. The highest BCUT2D eigenvalue weighted by atomic mass is 32.1. The highest BCUT2D eigenvalue weighted by Gasteiger charge is 2.23. The molecule has 1 aromatic rings. The van der Waals surface area contributed by atoms with Gasteiger partial charge < -0.3 is 5.11 Å². The van der Waals surface area contributed by atoms with E-state index in [1.54, 1.807) is 23.6 Å². The number of ketones is 1. The van der Waals surface area contributed by atoms with Crippen LogP contribution >= 0.6 is 12.2 Å². The molecule has 3 heteroatoms. The predicted molar refractivity (Wildman–Crippen MR) is 76.1 cm³/mol. The minimum absolute atomic E-state index is 0.0381. The van der Waals surface area contributed by atoms with E-state index in [0.717, 1.165) is 0 Å². The number of para-hydroxylation sites is 1. The maximum Gasteiger partial charge on any atom is 0.163 e. The molecule has 94 valence electrons. The number of carbonyl (C=O) groups excluding carboxylic acids is 1. The van der Waals surface area contributed by atoms with Crippen molar-refractivity contribution in [2.75, 3.05) is 0 Å². The SMILES string of the molecule is CC.CC(=O)c1cccc(C(C)(C)C=S)c1O. The molecule has 1 aromatic carbocycles. The van der Waals surface area contributed by atoms with E-state index >= 15 is 0 Å². The average Bonchev–Trinajstić information content (AvgIpc) is 2.31. The Kier molecular flexibility index (Phi) is 6.03. The summed E-state index contributed by atoms with van der Waals surface area (Å²) in [6, 6.07) is 5.15. The summed E-state index contributed by atoms with van der Waals surface area (Å²) in [5, 5.41) is 11.5. The number of phenolic OH excluding ortho intramolecular Hbond substituents is 1. The van der Waals surface area contributed by atoms with Crippen molar-refractivity contribution in [2.24, 2.45) is 0 Å². The van der Waals surface area contributed by atoms with Crippen molar-refractivity contribution >= 4 is 23.4 Å². The van der Waals surface area contributed by atoms with Gasteiger partial charge in [-0.25, -0.2) is 0 Å². The van der Waals surface area contributed by atoms with Crippen LogP contribution in [0.3, 0.4) is 0 Å². The predicted octanol–water partition coefficient (Wildman–Crippen LogP) is 3.90. The van der Waals surface area contributed by atoms with Crippen LogP contribution in [0, 0.1) is 0 Å². The fourth-order valence-electron chi connectivity index (χ4n) is 1.41. The Labute approximate surface area is 109 Å². The van der Waals surface area contributed by atoms with E-state index in [1.165, 1.54) is 6.92 Å². The standard InChI is InChI=1S/C12H14O2S.C2H6/c1-8(13)9-5-4-6-10(11(9)14)12(2,3)7-15;1-2/h4-7,14H,1-3H3;1-2H3. The van der Waals surface area contributed by atoms with Gasteiger partial charge >= 0.3 is 0 Å². The van der Waals surface area contributed by atoms with E-state index in [4.69, 9.17) is 12.2 Å². The van der Waals surface area contributed by atoms with Crippen molar-refractivity contribution in [3.8, 4) is 5.75 Å². The third kappa shape index (κ3) is 3.63. The largest absolute Gasteiger partial charge is 0.507 e. The summed E-state index contributed by atoms with van der Waals surface area (Å²) >= 11 is 4.92. The summed E-state index contributed by atoms with van der Waals surface area (Å²) in [6.07, 6.45) is 0. The van der Waals surface area contributed by atoms with Crippen LogP contribution in [0.15, 0.2) is 18.2 Å². The number of carbonyl (C=O) groups is 1. The van der Waals surface area contributed by atoms with Crippen LogP contribution in [0.2, 0.25) is 0 Å². The molecule has 0 saturated heterocycles. The van der Waals surface area contributed by atoms with Crippen LogP contribution in [-0.2, 0) is 5.41 Å². The molecule has 2 nitrogen and oxygen atoms in total. The third-order valence-corrected chi connectivity index (χ3v) is 2.99. The van der Waals surface area contributed by atoms with Gasteiger partial charge in [-0.15, -0.1) is 0 Å². The molecule has 0 atom stereocenters. The molecule has 1 rings (SSSR count). The first kappa shape index (κ1) is 15.8. The summed E-state index contributed by atoms with van der Waals surface area (Å²) in [5.41, 5.74) is 0.618. The van der Waals surface area contributed by atoms with Gasteiger partial charge in [-0.3, -0.25) is 4.79 Å². The molecule has 0 bridgehead atoms. The van der Waals surface area contributed by atoms with E-state index in [9.17, 15) is 9.90 Å². The second kappa shape index (κ2) is 6.50. The second-order valence-corrected chi connectivity index (χ2v) is 4.33. The fourth-order valence-corrected chi connectivity index (χ4v) is 1.54. The number of thiocarbonyl (C=S) groups is 1. The Hall–Kier alpha value is -1.22. The molecule has 0 radical (unpaired) electrons. The first-order valence-electron chi connectivity index (χ1n) is 5.70. The quantitative estimate of drug-likeness (QED) is 0.655. The van der Waals surface area contributed by atoms with Crippen molar-refractivity contribution < 1.29 is 9.90 Å². The van der Waals surface area contributed by atoms with Gasteiger partial charge in [0.15, 0.2) is 5.78 Å². The zero-order valence-electron chi connectivity index (χ0n) is 11.1. The normalized spacial score (nSPS) is 10.2. The molecule has 0 aliphatic heterocycles. The lowest BCUT2D eigenvalue weighted by atomic mass is 9.85. The lowest BCUT2D eigenvalue weighted by molar-refractivity contribution is 0.101. The molecule has 0 saturated carbocycles. The zero-order chi connectivity index (χ0) is 13.6. The van der Waals surface area contributed by atoms with Crippen molar-refractivity contribution in [2.45, 2.75) is 40.0 Å². The van der Waals surface area contributed by atoms with Crippen molar-refractivity contribution in [3.63, 3.8) is 0 Å². The average molecular weight is 252 g/mol. The van der Waals surface area contributed by atoms with Gasteiger partial charge in [0.05, 0.1) is 5.56 Å². The van der Waals surface area contributed by atoms with E-state index in [2.05, 4.69) is 0 Å². The lowest BCUT2D eigenvalue weighted by Gasteiger charge is -2.21. The van der Waals surface area contributed by atoms with Gasteiger partial charge in [-0.1, -0.05) is 52.0 Å². The first-order chi connectivity index (χ1) is 7.90. The van der Waals surface area contributed by atoms with Crippen LogP contribution < -0.4 is 0 Å². The highest BCUT2D eigenvalue weighted by Crippen LogP contribution is 2.32. The zero-order valence-corrected chi connectivity index (χ0v) is 11.9. The summed E-state index contributed by atoms with van der Waals surface area (Å²) in [7, 11) is 0. The molecule has 0 fully saturated rings. The number of benzene rings is 1. The molecular weight excluding hydrogens is 232 g/mol. The molecule has 0 aliphatic carbocycles. The Balaban J connectivity index is 0.00000121. The van der Waals surface area contributed by atoms with E-state index in [1.807, 2.05) is 27.7 Å². The summed E-state index contributed by atoms with van der Waals surface area (Å²) in [6.45, 7) is 9.24. The minimum atomic E-state index is -0.412. The van der Waals surface area contributed by atoms with E-state index in [0.29, 0.717) is 11.1 Å². The van der Waals surface area contributed by atoms with Crippen LogP contribution in [0.4, 0.5) is 0 Å². The molecule has 0 aliphatic rings. The molecular formula is C14H20O2S. The maximum atomic E-state index is 11.2. The topological polar surface area (TPSA) is 37.3 Å². The third-order valence-electron chi connectivity index (χ3n) is 2.40. The Bertz CT molecular complexity index is 409. The van der Waals surface area contributed by atoms with Crippen molar-refractivity contribution in [1.82, 2.24) is 0 Å². The number of rotatable bonds is 3. The summed E-state index contributed by atoms with van der Waals surface area (Å²) in [5.74, 6) is -0.106. The van der Waals surface area contributed by atoms with Gasteiger partial charge in [-0.05, 0) is 18.4 Å². The molecule has 1 N–H and O–H groups in total. The fraction of sp³-hybridized carbons (Fsp3) is 0.429. The molecule has 0 spiro atoms. The van der Waals surface area contributed by atoms with Gasteiger partial charge in [0.1, 0.15) is 5.75 Å². The van der Waals surface area contributed by atoms with Crippen LogP contribution in [0.25, 0.3) is 0 Å². The lowest BCUT2D eigenvalue weighted by Crippen LogP contribution is -2.18. The van der Waals surface area contributed by atoms with E-state index in [-0.39, 0.29) is 11.5 Å². The van der Waals surface area contributed by atoms with Crippen LogP contribution in [0.1, 0.15) is 50.5 Å². The summed E-state index contributed by atoms with van der Waals surface area (Å²) in [4.78, 5) is 11.2.